The minimum atomic E-state index is -0.242. The molecular weight excluding hydrogens is 468 g/mol. The fourth-order valence-electron chi connectivity index (χ4n) is 4.34. The predicted molar refractivity (Wildman–Crippen MR) is 140 cm³/mol. The Morgan fingerprint density at radius 1 is 0.818 bits per heavy atom. The topological polar surface area (TPSA) is 34.1 Å². The minimum absolute atomic E-state index is 0.213. The van der Waals surface area contributed by atoms with E-state index < -0.39 is 0 Å². The summed E-state index contributed by atoms with van der Waals surface area (Å²) in [5.41, 5.74) is 3.17. The quantitative estimate of drug-likeness (QED) is 0.190. The van der Waals surface area contributed by atoms with Gasteiger partial charge in [0, 0.05) is 35.3 Å². The molecule has 1 aliphatic rings. The second-order valence-electron chi connectivity index (χ2n) is 8.11. The summed E-state index contributed by atoms with van der Waals surface area (Å²) in [6.45, 7) is 1.98. The fourth-order valence-corrected chi connectivity index (χ4v) is 6.99. The van der Waals surface area contributed by atoms with Crippen LogP contribution in [0.2, 0.25) is 5.02 Å². The first kappa shape index (κ1) is 20.5. The van der Waals surface area contributed by atoms with Crippen molar-refractivity contribution in [1.82, 2.24) is 0 Å². The molecule has 33 heavy (non-hydrogen) atoms. The van der Waals surface area contributed by atoms with Crippen molar-refractivity contribution in [2.45, 2.75) is 13.3 Å². The molecule has 0 N–H and O–H groups in total. The number of carbonyl (C=O) groups excluding carboxylic acids is 2. The number of hydrogen-bond acceptors (Lipinski definition) is 4. The van der Waals surface area contributed by atoms with E-state index in [9.17, 15) is 9.59 Å². The smallest absolute Gasteiger partial charge is 0.197 e. The van der Waals surface area contributed by atoms with Gasteiger partial charge in [-0.3, -0.25) is 9.59 Å². The molecule has 0 bridgehead atoms. The lowest BCUT2D eigenvalue weighted by Gasteiger charge is -2.03. The van der Waals surface area contributed by atoms with Crippen molar-refractivity contribution in [1.29, 1.82) is 0 Å². The summed E-state index contributed by atoms with van der Waals surface area (Å²) >= 11 is 9.61. The lowest BCUT2D eigenvalue weighted by Crippen LogP contribution is -1.99. The van der Waals surface area contributed by atoms with Crippen molar-refractivity contribution in [2.24, 2.45) is 0 Å². The number of hydrogen-bond donors (Lipinski definition) is 0. The van der Waals surface area contributed by atoms with Gasteiger partial charge in [0.2, 0.25) is 0 Å². The standard InChI is InChI=1S/C28H17ClO2S2/c1-2-15-10-20-21(13-23(15)29)28(31)22(27(20)30)11-19-12-25-26(32-19)14-24(33-25)18-8-7-16-5-3-4-6-17(16)9-18/h3-14H,2H2,1H3/b22-11-. The molecule has 0 amide bonds. The Labute approximate surface area is 203 Å². The molecule has 0 saturated carbocycles. The van der Waals surface area contributed by atoms with E-state index in [0.717, 1.165) is 19.8 Å². The van der Waals surface area contributed by atoms with Crippen LogP contribution in [0.25, 0.3) is 36.7 Å². The summed E-state index contributed by atoms with van der Waals surface area (Å²) in [6.07, 6.45) is 2.45. The van der Waals surface area contributed by atoms with Crippen molar-refractivity contribution in [3.8, 4) is 10.4 Å². The van der Waals surface area contributed by atoms with E-state index in [1.54, 1.807) is 40.9 Å². The van der Waals surface area contributed by atoms with Gasteiger partial charge in [-0.1, -0.05) is 54.9 Å². The maximum atomic E-state index is 13.0. The summed E-state index contributed by atoms with van der Waals surface area (Å²) in [4.78, 5) is 28.0. The molecule has 2 heterocycles. The molecule has 0 unspecified atom stereocenters. The average Bonchev–Trinajstić information content (AvgIpc) is 3.45. The summed E-state index contributed by atoms with van der Waals surface area (Å²) in [7, 11) is 0. The highest BCUT2D eigenvalue weighted by Gasteiger charge is 2.34. The molecule has 2 nitrogen and oxygen atoms in total. The molecule has 0 saturated heterocycles. The molecule has 5 heteroatoms. The Bertz CT molecular complexity index is 1620. The zero-order chi connectivity index (χ0) is 22.7. The molecule has 0 radical (unpaired) electrons. The average molecular weight is 485 g/mol. The van der Waals surface area contributed by atoms with Gasteiger partial charge in [0.25, 0.3) is 0 Å². The highest BCUT2D eigenvalue weighted by atomic mass is 35.5. The van der Waals surface area contributed by atoms with Gasteiger partial charge >= 0.3 is 0 Å². The lowest BCUT2D eigenvalue weighted by molar-refractivity contribution is 0.0990. The number of benzene rings is 3. The third-order valence-electron chi connectivity index (χ3n) is 6.09. The van der Waals surface area contributed by atoms with Crippen LogP contribution in [0.4, 0.5) is 0 Å². The first-order valence-electron chi connectivity index (χ1n) is 10.7. The second kappa shape index (κ2) is 7.77. The van der Waals surface area contributed by atoms with Crippen LogP contribution in [0.15, 0.2) is 72.3 Å². The van der Waals surface area contributed by atoms with E-state index in [-0.39, 0.29) is 17.1 Å². The number of rotatable bonds is 3. The molecular formula is C28H17ClO2S2. The largest absolute Gasteiger partial charge is 0.288 e. The maximum absolute atomic E-state index is 13.0. The Hall–Kier alpha value is -3.05. The molecule has 6 rings (SSSR count). The second-order valence-corrected chi connectivity index (χ2v) is 10.7. The molecule has 2 aromatic heterocycles. The van der Waals surface area contributed by atoms with Crippen LogP contribution in [-0.2, 0) is 6.42 Å². The molecule has 5 aromatic rings. The fraction of sp³-hybridized carbons (Fsp3) is 0.0714. The predicted octanol–water partition coefficient (Wildman–Crippen LogP) is 8.46. The molecule has 1 aliphatic carbocycles. The Kier molecular flexibility index (Phi) is 4.84. The van der Waals surface area contributed by atoms with Crippen molar-refractivity contribution >= 4 is 72.1 Å². The zero-order valence-corrected chi connectivity index (χ0v) is 20.0. The van der Waals surface area contributed by atoms with Crippen LogP contribution in [-0.4, -0.2) is 11.6 Å². The van der Waals surface area contributed by atoms with Crippen molar-refractivity contribution < 1.29 is 9.59 Å². The number of allylic oxidation sites excluding steroid dienone is 1. The number of thiophene rings is 2. The first-order valence-corrected chi connectivity index (χ1v) is 12.7. The number of Topliss-reactive ketones (excluding diaryl/α,β-unsaturated/α-hetero) is 2. The van der Waals surface area contributed by atoms with E-state index in [2.05, 4.69) is 54.6 Å². The molecule has 0 atom stereocenters. The summed E-state index contributed by atoms with van der Waals surface area (Å²) in [5, 5.41) is 2.99. The maximum Gasteiger partial charge on any atom is 0.197 e. The van der Waals surface area contributed by atoms with Crippen LogP contribution in [0, 0.1) is 0 Å². The lowest BCUT2D eigenvalue weighted by atomic mass is 10.0. The van der Waals surface area contributed by atoms with Gasteiger partial charge in [-0.2, -0.15) is 0 Å². The van der Waals surface area contributed by atoms with Gasteiger partial charge < -0.3 is 0 Å². The highest BCUT2D eigenvalue weighted by Crippen LogP contribution is 2.40. The molecule has 0 spiro atoms. The molecule has 0 aliphatic heterocycles. The molecule has 3 aromatic carbocycles. The van der Waals surface area contributed by atoms with Crippen LogP contribution in [0.5, 0.6) is 0 Å². The Morgan fingerprint density at radius 3 is 2.30 bits per heavy atom. The van der Waals surface area contributed by atoms with Gasteiger partial charge in [-0.05, 0) is 64.7 Å². The molecule has 160 valence electrons. The van der Waals surface area contributed by atoms with Gasteiger partial charge in [-0.15, -0.1) is 22.7 Å². The van der Waals surface area contributed by atoms with Gasteiger partial charge in [0.15, 0.2) is 11.6 Å². The van der Waals surface area contributed by atoms with Crippen molar-refractivity contribution in [2.75, 3.05) is 0 Å². The molecule has 0 fully saturated rings. The van der Waals surface area contributed by atoms with Crippen LogP contribution in [0.1, 0.15) is 38.1 Å². The summed E-state index contributed by atoms with van der Waals surface area (Å²) in [5.74, 6) is -0.455. The van der Waals surface area contributed by atoms with E-state index in [0.29, 0.717) is 22.6 Å². The zero-order valence-electron chi connectivity index (χ0n) is 17.6. The third kappa shape index (κ3) is 3.37. The number of halogens is 1. The third-order valence-corrected chi connectivity index (χ3v) is 8.73. The number of ketones is 2. The summed E-state index contributed by atoms with van der Waals surface area (Å²) in [6, 6.07) is 22.5. The monoisotopic (exact) mass is 484 g/mol. The summed E-state index contributed by atoms with van der Waals surface area (Å²) < 4.78 is 2.31. The van der Waals surface area contributed by atoms with Gasteiger partial charge in [0.1, 0.15) is 0 Å². The SMILES string of the molecule is CCc1cc2c(cc1Cl)C(=O)/C(=C\c1cc3sc(-c4ccc5ccccc5c4)cc3s1)C2=O. The van der Waals surface area contributed by atoms with Crippen molar-refractivity contribution in [3.63, 3.8) is 0 Å². The number of carbonyl (C=O) groups is 2. The Morgan fingerprint density at radius 2 is 1.55 bits per heavy atom. The van der Waals surface area contributed by atoms with E-state index in [4.69, 9.17) is 11.6 Å². The van der Waals surface area contributed by atoms with Crippen molar-refractivity contribution in [3.05, 3.63) is 98.9 Å². The minimum Gasteiger partial charge on any atom is -0.288 e. The van der Waals surface area contributed by atoms with Crippen LogP contribution < -0.4 is 0 Å². The van der Waals surface area contributed by atoms with E-state index >= 15 is 0 Å². The number of fused-ring (bicyclic) bond motifs is 3. The van der Waals surface area contributed by atoms with Gasteiger partial charge in [-0.25, -0.2) is 0 Å². The Balaban J connectivity index is 1.35. The van der Waals surface area contributed by atoms with E-state index in [1.165, 1.54) is 21.2 Å². The van der Waals surface area contributed by atoms with Crippen LogP contribution in [0.3, 0.4) is 0 Å². The van der Waals surface area contributed by atoms with Gasteiger partial charge in [0.05, 0.1) is 5.57 Å². The van der Waals surface area contributed by atoms with Crippen LogP contribution >= 0.6 is 34.3 Å². The first-order chi connectivity index (χ1) is 16.0. The van der Waals surface area contributed by atoms with E-state index in [1.807, 2.05) is 6.92 Å². The number of aryl methyl sites for hydroxylation is 1. The normalized spacial score (nSPS) is 14.7. The highest BCUT2D eigenvalue weighted by molar-refractivity contribution is 7.29.